The summed E-state index contributed by atoms with van der Waals surface area (Å²) in [5.41, 5.74) is 0. The van der Waals surface area contributed by atoms with Crippen molar-refractivity contribution in [1.29, 1.82) is 0 Å². The molecule has 10 aliphatic rings. The molecule has 19 heavy (non-hydrogen) atoms. The molecule has 1 spiro atoms. The van der Waals surface area contributed by atoms with Gasteiger partial charge in [0.05, 0.1) is 0 Å². The predicted molar refractivity (Wildman–Crippen MR) is 66.5 cm³/mol. The average Bonchev–Trinajstić information content (AvgIpc) is 3.25. The molecule has 3 nitrogen and oxygen atoms in total. The standard InChI is InChI=1S/C9H13O3S.C5H5.Fe/c1-13(10,11)12-8-4-7-9-5-2-3-6-9;1-2-4-5-3-1;/h2-3,5-6H,4,7-8H2,1H3;1-5H;. The molecule has 10 rings (SSSR count). The van der Waals surface area contributed by atoms with Crippen molar-refractivity contribution >= 4 is 10.1 Å². The van der Waals surface area contributed by atoms with Crippen molar-refractivity contribution in [3.63, 3.8) is 0 Å². The van der Waals surface area contributed by atoms with Gasteiger partial charge in [0.2, 0.25) is 0 Å². The Labute approximate surface area is 102 Å². The van der Waals surface area contributed by atoms with Crippen LogP contribution in [0.15, 0.2) is 0 Å². The van der Waals surface area contributed by atoms with Crippen molar-refractivity contribution in [2.75, 3.05) is 12.9 Å². The number of rotatable bonds is 5. The van der Waals surface area contributed by atoms with E-state index in [1.54, 1.807) is 0 Å². The van der Waals surface area contributed by atoms with Crippen molar-refractivity contribution in [2.45, 2.75) is 60.5 Å². The van der Waals surface area contributed by atoms with Crippen LogP contribution in [0.25, 0.3) is 0 Å². The first kappa shape index (κ1) is 8.16. The Morgan fingerprint density at radius 2 is 1.53 bits per heavy atom. The van der Waals surface area contributed by atoms with Crippen LogP contribution in [0.5, 0.6) is 0 Å². The number of hydrogen-bond donors (Lipinski definition) is 0. The van der Waals surface area contributed by atoms with Crippen molar-refractivity contribution < 1.29 is 19.1 Å². The zero-order chi connectivity index (χ0) is 12.3. The fourth-order valence-electron chi connectivity index (χ4n) is 17.9. The Hall–Kier alpha value is 0.429. The normalized spacial score (nSPS) is 109. The van der Waals surface area contributed by atoms with Gasteiger partial charge in [-0.3, -0.25) is 0 Å². The number of fused-ring (bicyclic) bond motifs is 10. The van der Waals surface area contributed by atoms with Gasteiger partial charge in [-0.15, -0.1) is 0 Å². The van der Waals surface area contributed by atoms with Crippen molar-refractivity contribution in [2.24, 2.45) is 0 Å². The molecule has 0 N–H and O–H groups in total. The summed E-state index contributed by atoms with van der Waals surface area (Å²) in [6.45, 7) is -2.40. The molecule has 10 fully saturated rings. The molecular weight excluding hydrogens is 304 g/mol. The summed E-state index contributed by atoms with van der Waals surface area (Å²) in [5.74, 6) is 0. The third kappa shape index (κ3) is 0.101. The van der Waals surface area contributed by atoms with Crippen LogP contribution in [0, 0.1) is 0 Å². The van der Waals surface area contributed by atoms with Gasteiger partial charge in [0.25, 0.3) is 0 Å². The van der Waals surface area contributed by atoms with Crippen LogP contribution >= 0.6 is 0 Å². The molecule has 0 saturated carbocycles. The Kier molecular flexibility index (Phi) is 0.308. The summed E-state index contributed by atoms with van der Waals surface area (Å²) < 4.78 is 28.1. The van der Waals surface area contributed by atoms with Gasteiger partial charge in [0.15, 0.2) is 0 Å². The van der Waals surface area contributed by atoms with Crippen LogP contribution in [0.4, 0.5) is 0 Å². The molecule has 0 aromatic heterocycles. The molecule has 4 unspecified atom stereocenters. The van der Waals surface area contributed by atoms with Gasteiger partial charge in [-0.1, -0.05) is 0 Å². The fraction of sp³-hybridized carbons (Fsp3) is 1.00. The van der Waals surface area contributed by atoms with E-state index < -0.39 is 16.6 Å². The molecule has 0 aromatic carbocycles. The summed E-state index contributed by atoms with van der Waals surface area (Å²) >= 11 is 0. The van der Waals surface area contributed by atoms with E-state index in [-0.39, 0.29) is 0 Å². The fourth-order valence-corrected chi connectivity index (χ4v) is 93.7. The predicted octanol–water partition coefficient (Wildman–Crippen LogP) is 3.50. The molecule has 106 valence electrons. The van der Waals surface area contributed by atoms with Gasteiger partial charge in [0, 0.05) is 0 Å². The van der Waals surface area contributed by atoms with Crippen LogP contribution in [0.2, 0.25) is 47.7 Å². The molecule has 4 atom stereocenters. The van der Waals surface area contributed by atoms with Crippen molar-refractivity contribution in [1.82, 2.24) is 0 Å². The topological polar surface area (TPSA) is 43.4 Å². The van der Waals surface area contributed by atoms with E-state index in [0.29, 0.717) is 6.61 Å². The van der Waals surface area contributed by atoms with Gasteiger partial charge in [0.1, 0.15) is 0 Å². The van der Waals surface area contributed by atoms with Gasteiger partial charge >= 0.3 is 103 Å². The second kappa shape index (κ2) is 0.716. The Morgan fingerprint density at radius 3 is 1.84 bits per heavy atom. The van der Waals surface area contributed by atoms with Gasteiger partial charge in [-0.2, -0.15) is 0 Å². The van der Waals surface area contributed by atoms with Crippen LogP contribution in [0.1, 0.15) is 12.8 Å². The maximum atomic E-state index is 11.1. The summed E-state index contributed by atoms with van der Waals surface area (Å²) in [5, 5.41) is 0. The second-order valence-corrected chi connectivity index (χ2v) is 36.8. The molecule has 0 aliphatic carbocycles. The molecular formula is C14H18FeO3S. The van der Waals surface area contributed by atoms with Crippen LogP contribution in [-0.2, 0) is 20.8 Å². The second-order valence-electron chi connectivity index (χ2n) is 11.5. The third-order valence-corrected chi connectivity index (χ3v) is 59.6. The zero-order valence-corrected chi connectivity index (χ0v) is 12.7. The van der Waals surface area contributed by atoms with E-state index in [1.165, 1.54) is 56.0 Å². The van der Waals surface area contributed by atoms with E-state index in [9.17, 15) is 8.42 Å². The number of hydrogen-bond acceptors (Lipinski definition) is 3. The third-order valence-electron chi connectivity index (χ3n) is 16.0. The maximum absolute atomic E-state index is 11.1. The van der Waals surface area contributed by atoms with E-state index >= 15 is 0 Å². The van der Waals surface area contributed by atoms with Gasteiger partial charge in [-0.05, 0) is 0 Å². The first-order chi connectivity index (χ1) is 8.75. The molecule has 0 aromatic rings. The van der Waals surface area contributed by atoms with E-state index in [1.807, 2.05) is 0 Å². The van der Waals surface area contributed by atoms with Gasteiger partial charge in [-0.25, -0.2) is 0 Å². The molecule has 0 amide bonds. The average molecular weight is 322 g/mol. The van der Waals surface area contributed by atoms with Crippen LogP contribution in [0.3, 0.4) is 0 Å². The Bertz CT molecular complexity index is 1040. The molecule has 10 saturated heterocycles. The quantitative estimate of drug-likeness (QED) is 0.442. The minimum atomic E-state index is -3.23. The molecule has 0 radical (unpaired) electrons. The first-order valence-electron chi connectivity index (χ1n) is 7.81. The Morgan fingerprint density at radius 1 is 1.00 bits per heavy atom. The minimum absolute atomic E-state index is 0.455. The summed E-state index contributed by atoms with van der Waals surface area (Å²) in [4.78, 5) is 12.4. The summed E-state index contributed by atoms with van der Waals surface area (Å²) in [6, 6.07) is 0. The van der Waals surface area contributed by atoms with Crippen molar-refractivity contribution in [3.05, 3.63) is 0 Å². The van der Waals surface area contributed by atoms with E-state index in [4.69, 9.17) is 4.18 Å². The Balaban J connectivity index is 1.17. The summed E-state index contributed by atoms with van der Waals surface area (Å²) in [7, 11) is -3.23. The van der Waals surface area contributed by atoms with Crippen LogP contribution < -0.4 is 0 Å². The SMILES string of the molecule is CS(=O)(=O)OCCC[C]12[CH]3[CH]4[CH]5[CH]1[Fe]45321678[CH]2[CH]1[CH]6[CH]7[CH]28. The summed E-state index contributed by atoms with van der Waals surface area (Å²) in [6.07, 6.45) is 3.59. The van der Waals surface area contributed by atoms with Crippen molar-refractivity contribution in [3.8, 4) is 0 Å². The monoisotopic (exact) mass is 322 g/mol. The first-order valence-corrected chi connectivity index (χ1v) is 15.9. The van der Waals surface area contributed by atoms with Crippen LogP contribution in [-0.4, -0.2) is 21.3 Å². The molecule has 5 heteroatoms. The molecule has 10 aliphatic heterocycles. The van der Waals surface area contributed by atoms with E-state index in [2.05, 4.69) is 0 Å². The van der Waals surface area contributed by atoms with Gasteiger partial charge < -0.3 is 0 Å². The molecule has 10 heterocycles. The zero-order valence-electron chi connectivity index (χ0n) is 10.8. The molecule has 0 bridgehead atoms. The van der Waals surface area contributed by atoms with E-state index in [0.717, 1.165) is 10.7 Å².